The topological polar surface area (TPSA) is 71.3 Å². The second kappa shape index (κ2) is 5.12. The summed E-state index contributed by atoms with van der Waals surface area (Å²) in [6.07, 6.45) is 2.97. The van der Waals surface area contributed by atoms with E-state index in [4.69, 9.17) is 4.52 Å². The Hall–Kier alpha value is -2.37. The van der Waals surface area contributed by atoms with Gasteiger partial charge in [0.05, 0.1) is 0 Å². The molecule has 2 amide bonds. The van der Waals surface area contributed by atoms with E-state index in [1.807, 2.05) is 31.2 Å². The predicted molar refractivity (Wildman–Crippen MR) is 80.7 cm³/mol. The Morgan fingerprint density at radius 2 is 2.23 bits per heavy atom. The first kappa shape index (κ1) is 13.3. The van der Waals surface area contributed by atoms with Gasteiger partial charge in [0.15, 0.2) is 5.82 Å². The van der Waals surface area contributed by atoms with E-state index < -0.39 is 0 Å². The van der Waals surface area contributed by atoms with E-state index in [-0.39, 0.29) is 12.1 Å². The van der Waals surface area contributed by atoms with Gasteiger partial charge in [-0.15, -0.1) is 0 Å². The van der Waals surface area contributed by atoms with Crippen LogP contribution in [0.15, 0.2) is 28.8 Å². The molecule has 0 spiro atoms. The molecule has 1 unspecified atom stereocenters. The van der Waals surface area contributed by atoms with E-state index >= 15 is 0 Å². The molecule has 1 N–H and O–H groups in total. The van der Waals surface area contributed by atoms with E-state index in [1.165, 1.54) is 0 Å². The highest BCUT2D eigenvalue weighted by Crippen LogP contribution is 2.42. The van der Waals surface area contributed by atoms with Gasteiger partial charge in [-0.25, -0.2) is 4.79 Å². The zero-order chi connectivity index (χ0) is 15.1. The minimum Gasteiger partial charge on any atom is -0.338 e. The monoisotopic (exact) mass is 298 g/mol. The van der Waals surface area contributed by atoms with Crippen molar-refractivity contribution >= 4 is 11.7 Å². The summed E-state index contributed by atoms with van der Waals surface area (Å²) in [5.41, 5.74) is 2.05. The van der Waals surface area contributed by atoms with Crippen molar-refractivity contribution in [2.75, 3.05) is 11.4 Å². The van der Waals surface area contributed by atoms with E-state index in [2.05, 4.69) is 15.5 Å². The van der Waals surface area contributed by atoms with Crippen LogP contribution in [0.4, 0.5) is 10.5 Å². The lowest BCUT2D eigenvalue weighted by Gasteiger charge is -2.23. The average molecular weight is 298 g/mol. The minimum atomic E-state index is -0.219. The van der Waals surface area contributed by atoms with Gasteiger partial charge in [0, 0.05) is 24.6 Å². The highest BCUT2D eigenvalue weighted by molar-refractivity contribution is 5.95. The molecule has 6 heteroatoms. The summed E-state index contributed by atoms with van der Waals surface area (Å²) in [4.78, 5) is 18.7. The van der Waals surface area contributed by atoms with Crippen LogP contribution in [0.2, 0.25) is 0 Å². The molecule has 22 heavy (non-hydrogen) atoms. The Morgan fingerprint density at radius 1 is 1.41 bits per heavy atom. The van der Waals surface area contributed by atoms with Crippen LogP contribution in [0, 0.1) is 0 Å². The van der Waals surface area contributed by atoms with Crippen LogP contribution in [-0.2, 0) is 6.42 Å². The van der Waals surface area contributed by atoms with Crippen LogP contribution in [0.25, 0.3) is 0 Å². The third-order valence-corrected chi connectivity index (χ3v) is 4.21. The number of carbonyl (C=O) groups is 1. The van der Waals surface area contributed by atoms with Crippen molar-refractivity contribution in [2.45, 2.75) is 38.1 Å². The van der Waals surface area contributed by atoms with E-state index in [0.717, 1.165) is 29.9 Å². The number of urea groups is 1. The fourth-order valence-corrected chi connectivity index (χ4v) is 2.96. The summed E-state index contributed by atoms with van der Waals surface area (Å²) in [5, 5.41) is 6.95. The molecule has 4 rings (SSSR count). The van der Waals surface area contributed by atoms with Crippen LogP contribution >= 0.6 is 0 Å². The number of hydrogen-bond acceptors (Lipinski definition) is 4. The molecule has 1 aliphatic carbocycles. The van der Waals surface area contributed by atoms with Gasteiger partial charge in [-0.2, -0.15) is 4.98 Å². The quantitative estimate of drug-likeness (QED) is 0.945. The maximum absolute atomic E-state index is 12.5. The number of para-hydroxylation sites is 1. The SMILES string of the molecule is CCNC(=O)N1c2ccccc2CC1c1nc(C2CC2)no1. The molecule has 1 aromatic heterocycles. The molecular formula is C16H18N4O2. The number of carbonyl (C=O) groups excluding carboxylic acids is 1. The highest BCUT2D eigenvalue weighted by Gasteiger charge is 2.39. The van der Waals surface area contributed by atoms with Crippen LogP contribution in [-0.4, -0.2) is 22.7 Å². The van der Waals surface area contributed by atoms with Crippen LogP contribution in [0.3, 0.4) is 0 Å². The summed E-state index contributed by atoms with van der Waals surface area (Å²) in [5.74, 6) is 1.75. The predicted octanol–water partition coefficient (Wildman–Crippen LogP) is 2.78. The van der Waals surface area contributed by atoms with Crippen LogP contribution in [0.5, 0.6) is 0 Å². The Labute approximate surface area is 128 Å². The first-order valence-corrected chi connectivity index (χ1v) is 7.76. The highest BCUT2D eigenvalue weighted by atomic mass is 16.5. The van der Waals surface area contributed by atoms with Gasteiger partial charge in [-0.05, 0) is 31.4 Å². The molecule has 0 bridgehead atoms. The largest absolute Gasteiger partial charge is 0.338 e. The van der Waals surface area contributed by atoms with Crippen molar-refractivity contribution in [3.8, 4) is 0 Å². The summed E-state index contributed by atoms with van der Waals surface area (Å²) in [7, 11) is 0. The summed E-state index contributed by atoms with van der Waals surface area (Å²) in [6.45, 7) is 2.49. The van der Waals surface area contributed by atoms with E-state index in [1.54, 1.807) is 4.90 Å². The summed E-state index contributed by atoms with van der Waals surface area (Å²) >= 11 is 0. The number of rotatable bonds is 3. The normalized spacial score (nSPS) is 20.0. The van der Waals surface area contributed by atoms with Crippen molar-refractivity contribution in [3.05, 3.63) is 41.5 Å². The number of aromatic nitrogens is 2. The molecule has 114 valence electrons. The lowest BCUT2D eigenvalue weighted by Crippen LogP contribution is -2.40. The third-order valence-electron chi connectivity index (χ3n) is 4.21. The molecule has 6 nitrogen and oxygen atoms in total. The first-order valence-electron chi connectivity index (χ1n) is 7.76. The number of hydrogen-bond donors (Lipinski definition) is 1. The lowest BCUT2D eigenvalue weighted by molar-refractivity contribution is 0.242. The van der Waals surface area contributed by atoms with Gasteiger partial charge in [0.25, 0.3) is 0 Å². The lowest BCUT2D eigenvalue weighted by atomic mass is 10.1. The fourth-order valence-electron chi connectivity index (χ4n) is 2.96. The molecule has 2 aromatic rings. The molecule has 2 aliphatic rings. The Kier molecular flexibility index (Phi) is 3.10. The van der Waals surface area contributed by atoms with E-state index in [0.29, 0.717) is 24.8 Å². The van der Waals surface area contributed by atoms with Crippen molar-refractivity contribution < 1.29 is 9.32 Å². The smallest absolute Gasteiger partial charge is 0.322 e. The standard InChI is InChI=1S/C16H18N4O2/c1-2-17-16(21)20-12-6-4-3-5-11(12)9-13(20)15-18-14(19-22-15)10-7-8-10/h3-6,10,13H,2,7-9H2,1H3,(H,17,21). The van der Waals surface area contributed by atoms with Gasteiger partial charge >= 0.3 is 6.03 Å². The summed E-state index contributed by atoms with van der Waals surface area (Å²) < 4.78 is 5.46. The number of benzene rings is 1. The molecule has 1 aliphatic heterocycles. The molecule has 1 atom stereocenters. The van der Waals surface area contributed by atoms with Crippen molar-refractivity contribution in [2.24, 2.45) is 0 Å². The molecule has 1 fully saturated rings. The maximum Gasteiger partial charge on any atom is 0.322 e. The van der Waals surface area contributed by atoms with Crippen molar-refractivity contribution in [1.82, 2.24) is 15.5 Å². The number of nitrogens with one attached hydrogen (secondary N) is 1. The Balaban J connectivity index is 1.69. The second-order valence-corrected chi connectivity index (χ2v) is 5.82. The molecule has 1 aromatic carbocycles. The van der Waals surface area contributed by atoms with Gasteiger partial charge in [0.1, 0.15) is 6.04 Å². The number of anilines is 1. The second-order valence-electron chi connectivity index (χ2n) is 5.82. The zero-order valence-electron chi connectivity index (χ0n) is 12.5. The number of fused-ring (bicyclic) bond motifs is 1. The third kappa shape index (κ3) is 2.15. The molecule has 0 saturated heterocycles. The Morgan fingerprint density at radius 3 is 3.00 bits per heavy atom. The number of amides is 2. The molecule has 0 radical (unpaired) electrons. The molecular weight excluding hydrogens is 280 g/mol. The van der Waals surface area contributed by atoms with Gasteiger partial charge < -0.3 is 9.84 Å². The van der Waals surface area contributed by atoms with E-state index in [9.17, 15) is 4.79 Å². The molecule has 2 heterocycles. The van der Waals surface area contributed by atoms with Crippen molar-refractivity contribution in [3.63, 3.8) is 0 Å². The van der Waals surface area contributed by atoms with Gasteiger partial charge in [0.2, 0.25) is 5.89 Å². The van der Waals surface area contributed by atoms with Crippen LogP contribution < -0.4 is 10.2 Å². The maximum atomic E-state index is 12.5. The summed E-state index contributed by atoms with van der Waals surface area (Å²) in [6, 6.07) is 7.59. The van der Waals surface area contributed by atoms with Gasteiger partial charge in [-0.3, -0.25) is 4.90 Å². The Bertz CT molecular complexity index is 708. The van der Waals surface area contributed by atoms with Crippen molar-refractivity contribution in [1.29, 1.82) is 0 Å². The number of nitrogens with zero attached hydrogens (tertiary/aromatic N) is 3. The van der Waals surface area contributed by atoms with Crippen LogP contribution in [0.1, 0.15) is 49.0 Å². The fraction of sp³-hybridized carbons (Fsp3) is 0.438. The zero-order valence-corrected chi connectivity index (χ0v) is 12.5. The average Bonchev–Trinajstić information content (AvgIpc) is 3.13. The molecule has 1 saturated carbocycles. The van der Waals surface area contributed by atoms with Gasteiger partial charge in [-0.1, -0.05) is 23.4 Å². The first-order chi connectivity index (χ1) is 10.8. The minimum absolute atomic E-state index is 0.122.